The molecule has 0 saturated heterocycles. The van der Waals surface area contributed by atoms with Gasteiger partial charge in [-0.2, -0.15) is 0 Å². The number of benzene rings is 2. The van der Waals surface area contributed by atoms with Crippen LogP contribution in [0.25, 0.3) is 11.1 Å². The van der Waals surface area contributed by atoms with Crippen LogP contribution in [0.5, 0.6) is 0 Å². The van der Waals surface area contributed by atoms with Crippen molar-refractivity contribution in [2.24, 2.45) is 0 Å². The van der Waals surface area contributed by atoms with Crippen molar-refractivity contribution in [3.05, 3.63) is 57.9 Å². The van der Waals surface area contributed by atoms with Gasteiger partial charge in [0.1, 0.15) is 5.82 Å². The van der Waals surface area contributed by atoms with E-state index in [4.69, 9.17) is 11.6 Å². The Balaban J connectivity index is 1.88. The molecule has 0 radical (unpaired) electrons. The molecule has 0 aromatic heterocycles. The highest BCUT2D eigenvalue weighted by Gasteiger charge is 2.20. The third-order valence-corrected chi connectivity index (χ3v) is 4.44. The Hall–Kier alpha value is -1.38. The highest BCUT2D eigenvalue weighted by atomic mass is 35.5. The van der Waals surface area contributed by atoms with Crippen LogP contribution in [-0.2, 0) is 6.54 Å². The summed E-state index contributed by atoms with van der Waals surface area (Å²) in [6, 6.07) is 10.0. The second kappa shape index (κ2) is 5.78. The average Bonchev–Trinajstić information content (AvgIpc) is 3.25. The van der Waals surface area contributed by atoms with Crippen molar-refractivity contribution in [1.29, 1.82) is 0 Å². The molecule has 0 aliphatic heterocycles. The molecule has 0 spiro atoms. The Kier molecular flexibility index (Phi) is 4.01. The summed E-state index contributed by atoms with van der Waals surface area (Å²) in [6.07, 6.45) is 2.42. The molecule has 0 unspecified atom stereocenters. The van der Waals surface area contributed by atoms with Crippen molar-refractivity contribution >= 4 is 11.6 Å². The maximum Gasteiger partial charge on any atom is 0.128 e. The Morgan fingerprint density at radius 1 is 1.14 bits per heavy atom. The van der Waals surface area contributed by atoms with Gasteiger partial charge < -0.3 is 5.32 Å². The van der Waals surface area contributed by atoms with E-state index in [2.05, 4.69) is 5.32 Å². The van der Waals surface area contributed by atoms with Crippen molar-refractivity contribution in [3.8, 4) is 11.1 Å². The molecule has 1 aliphatic rings. The maximum absolute atomic E-state index is 14.3. The number of nitrogens with one attached hydrogen (secondary N) is 1. The van der Waals surface area contributed by atoms with E-state index in [0.717, 1.165) is 32.8 Å². The van der Waals surface area contributed by atoms with Crippen molar-refractivity contribution < 1.29 is 4.39 Å². The number of hydrogen-bond donors (Lipinski definition) is 1. The van der Waals surface area contributed by atoms with Crippen molar-refractivity contribution in [1.82, 2.24) is 5.32 Å². The fraction of sp³-hybridized carbons (Fsp3) is 0.333. The van der Waals surface area contributed by atoms with Gasteiger partial charge in [-0.25, -0.2) is 4.39 Å². The fourth-order valence-corrected chi connectivity index (χ4v) is 2.71. The summed E-state index contributed by atoms with van der Waals surface area (Å²) < 4.78 is 14.3. The van der Waals surface area contributed by atoms with Gasteiger partial charge in [-0.1, -0.05) is 23.7 Å². The third-order valence-electron chi connectivity index (χ3n) is 4.03. The van der Waals surface area contributed by atoms with Gasteiger partial charge in [0.15, 0.2) is 0 Å². The van der Waals surface area contributed by atoms with Crippen molar-refractivity contribution in [2.75, 3.05) is 0 Å². The molecule has 0 heterocycles. The minimum absolute atomic E-state index is 0.146. The molecule has 0 atom stereocenters. The lowest BCUT2D eigenvalue weighted by molar-refractivity contribution is 0.587. The first-order chi connectivity index (χ1) is 10.0. The Morgan fingerprint density at radius 3 is 2.57 bits per heavy atom. The van der Waals surface area contributed by atoms with Gasteiger partial charge in [-0.3, -0.25) is 0 Å². The molecular formula is C18H19ClFN. The van der Waals surface area contributed by atoms with E-state index in [1.165, 1.54) is 12.8 Å². The molecule has 1 aliphatic carbocycles. The van der Waals surface area contributed by atoms with Crippen LogP contribution in [0.1, 0.15) is 29.5 Å². The third kappa shape index (κ3) is 3.28. The van der Waals surface area contributed by atoms with Gasteiger partial charge >= 0.3 is 0 Å². The second-order valence-corrected chi connectivity index (χ2v) is 6.28. The van der Waals surface area contributed by atoms with E-state index < -0.39 is 0 Å². The summed E-state index contributed by atoms with van der Waals surface area (Å²) in [4.78, 5) is 0. The predicted octanol–water partition coefficient (Wildman–Crippen LogP) is 5.01. The summed E-state index contributed by atoms with van der Waals surface area (Å²) >= 11 is 6.12. The number of aryl methyl sites for hydroxylation is 2. The summed E-state index contributed by atoms with van der Waals surface area (Å²) in [7, 11) is 0. The maximum atomic E-state index is 14.3. The quantitative estimate of drug-likeness (QED) is 0.836. The molecule has 3 rings (SSSR count). The molecule has 1 saturated carbocycles. The average molecular weight is 304 g/mol. The molecule has 2 aromatic carbocycles. The molecule has 1 fully saturated rings. The van der Waals surface area contributed by atoms with Crippen LogP contribution in [-0.4, -0.2) is 6.04 Å². The molecule has 2 aromatic rings. The summed E-state index contributed by atoms with van der Waals surface area (Å²) in [6.45, 7) is 4.58. The van der Waals surface area contributed by atoms with Gasteiger partial charge in [0.05, 0.1) is 0 Å². The van der Waals surface area contributed by atoms with Gasteiger partial charge in [0, 0.05) is 23.2 Å². The standard InChI is InChI=1S/C18H19ClFN/c1-11-8-17(19)12(2)7-16(11)13-3-4-14(18(20)9-13)10-21-15-5-6-15/h3-4,7-9,15,21H,5-6,10H2,1-2H3. The summed E-state index contributed by atoms with van der Waals surface area (Å²) in [5.74, 6) is -0.146. The monoisotopic (exact) mass is 303 g/mol. The highest BCUT2D eigenvalue weighted by molar-refractivity contribution is 6.31. The van der Waals surface area contributed by atoms with Gasteiger partial charge in [-0.15, -0.1) is 0 Å². The van der Waals surface area contributed by atoms with Gasteiger partial charge in [-0.05, 0) is 67.1 Å². The van der Waals surface area contributed by atoms with E-state index in [0.29, 0.717) is 12.6 Å². The van der Waals surface area contributed by atoms with Crippen LogP contribution in [0.2, 0.25) is 5.02 Å². The minimum atomic E-state index is -0.146. The fourth-order valence-electron chi connectivity index (χ4n) is 2.49. The molecule has 0 amide bonds. The first kappa shape index (κ1) is 14.6. The molecule has 1 nitrogen and oxygen atoms in total. The van der Waals surface area contributed by atoms with Crippen molar-refractivity contribution in [2.45, 2.75) is 39.3 Å². The minimum Gasteiger partial charge on any atom is -0.310 e. The Bertz CT molecular complexity index is 677. The van der Waals surface area contributed by atoms with Crippen LogP contribution in [0.15, 0.2) is 30.3 Å². The zero-order valence-electron chi connectivity index (χ0n) is 12.3. The summed E-state index contributed by atoms with van der Waals surface area (Å²) in [5, 5.41) is 4.10. The topological polar surface area (TPSA) is 12.0 Å². The molecule has 110 valence electrons. The molecular weight excluding hydrogens is 285 g/mol. The number of rotatable bonds is 4. The number of halogens is 2. The van der Waals surface area contributed by atoms with Crippen LogP contribution < -0.4 is 5.32 Å². The van der Waals surface area contributed by atoms with E-state index in [1.54, 1.807) is 6.07 Å². The lowest BCUT2D eigenvalue weighted by atomic mass is 9.97. The molecule has 1 N–H and O–H groups in total. The Morgan fingerprint density at radius 2 is 1.90 bits per heavy atom. The SMILES string of the molecule is Cc1cc(-c2ccc(CNC3CC3)c(F)c2)c(C)cc1Cl. The summed E-state index contributed by atoms with van der Waals surface area (Å²) in [5.41, 5.74) is 4.75. The molecule has 21 heavy (non-hydrogen) atoms. The lowest BCUT2D eigenvalue weighted by Gasteiger charge is -2.11. The van der Waals surface area contributed by atoms with Crippen LogP contribution in [0, 0.1) is 19.7 Å². The van der Waals surface area contributed by atoms with Crippen LogP contribution in [0.4, 0.5) is 4.39 Å². The van der Waals surface area contributed by atoms with E-state index in [-0.39, 0.29) is 5.82 Å². The van der Waals surface area contributed by atoms with E-state index in [1.807, 2.05) is 38.1 Å². The zero-order valence-corrected chi connectivity index (χ0v) is 13.1. The highest BCUT2D eigenvalue weighted by Crippen LogP contribution is 2.30. The predicted molar refractivity (Wildman–Crippen MR) is 86.2 cm³/mol. The zero-order chi connectivity index (χ0) is 15.0. The van der Waals surface area contributed by atoms with E-state index in [9.17, 15) is 4.39 Å². The van der Waals surface area contributed by atoms with Crippen LogP contribution in [0.3, 0.4) is 0 Å². The van der Waals surface area contributed by atoms with Crippen molar-refractivity contribution in [3.63, 3.8) is 0 Å². The normalized spacial score (nSPS) is 14.5. The van der Waals surface area contributed by atoms with Gasteiger partial charge in [0.2, 0.25) is 0 Å². The smallest absolute Gasteiger partial charge is 0.128 e. The first-order valence-electron chi connectivity index (χ1n) is 7.33. The number of hydrogen-bond acceptors (Lipinski definition) is 1. The largest absolute Gasteiger partial charge is 0.310 e. The molecule has 3 heteroatoms. The van der Waals surface area contributed by atoms with Gasteiger partial charge in [0.25, 0.3) is 0 Å². The lowest BCUT2D eigenvalue weighted by Crippen LogP contribution is -2.16. The Labute approximate surface area is 130 Å². The van der Waals surface area contributed by atoms with Crippen LogP contribution >= 0.6 is 11.6 Å². The second-order valence-electron chi connectivity index (χ2n) is 5.88. The first-order valence-corrected chi connectivity index (χ1v) is 7.71. The van der Waals surface area contributed by atoms with E-state index >= 15 is 0 Å². The molecule has 0 bridgehead atoms.